The maximum Gasteiger partial charge on any atom is 0.229 e. The topological polar surface area (TPSA) is 51.7 Å². The predicted octanol–water partition coefficient (Wildman–Crippen LogP) is 4.25. The van der Waals surface area contributed by atoms with E-state index in [1.54, 1.807) is 12.6 Å². The van der Waals surface area contributed by atoms with Gasteiger partial charge >= 0.3 is 0 Å². The zero-order chi connectivity index (χ0) is 19.3. The zero-order valence-electron chi connectivity index (χ0n) is 15.7. The molecule has 1 aliphatic heterocycles. The molecule has 0 fully saturated rings. The van der Waals surface area contributed by atoms with Gasteiger partial charge in [0.25, 0.3) is 0 Å². The number of carbonyl (C=O) groups is 1. The SMILES string of the molecule is COc1ccc2c(c1)C(N(Cc1ccccc1)C(=O)Cc1cscn1)CCO2. The van der Waals surface area contributed by atoms with Crippen LogP contribution in [-0.2, 0) is 17.8 Å². The van der Waals surface area contributed by atoms with Crippen molar-refractivity contribution in [2.24, 2.45) is 0 Å². The fourth-order valence-corrected chi connectivity index (χ4v) is 4.10. The molecule has 0 saturated carbocycles. The van der Waals surface area contributed by atoms with Crippen molar-refractivity contribution in [3.8, 4) is 11.5 Å². The standard InChI is InChI=1S/C22H22N2O3S/c1-26-18-7-8-21-19(12-18)20(9-10-27-21)24(13-16-5-3-2-4-6-16)22(25)11-17-14-28-15-23-17/h2-8,12,14-15,20H,9-11,13H2,1H3. The summed E-state index contributed by atoms with van der Waals surface area (Å²) in [6, 6.07) is 15.8. The zero-order valence-corrected chi connectivity index (χ0v) is 16.5. The van der Waals surface area contributed by atoms with Gasteiger partial charge in [0.15, 0.2) is 0 Å². The molecule has 0 aliphatic carbocycles. The molecule has 1 unspecified atom stereocenters. The molecule has 1 amide bonds. The molecule has 1 aliphatic rings. The van der Waals surface area contributed by atoms with Crippen molar-refractivity contribution in [1.29, 1.82) is 0 Å². The van der Waals surface area contributed by atoms with E-state index in [0.29, 0.717) is 19.6 Å². The monoisotopic (exact) mass is 394 g/mol. The Kier molecular flexibility index (Phi) is 5.58. The molecule has 28 heavy (non-hydrogen) atoms. The second-order valence-corrected chi connectivity index (χ2v) is 7.44. The summed E-state index contributed by atoms with van der Waals surface area (Å²) in [5.41, 5.74) is 4.67. The third-order valence-corrected chi connectivity index (χ3v) is 5.57. The highest BCUT2D eigenvalue weighted by atomic mass is 32.1. The van der Waals surface area contributed by atoms with E-state index >= 15 is 0 Å². The van der Waals surface area contributed by atoms with Gasteiger partial charge in [0, 0.05) is 23.9 Å². The molecule has 0 saturated heterocycles. The van der Waals surface area contributed by atoms with Gasteiger partial charge in [0.2, 0.25) is 5.91 Å². The molecule has 0 radical (unpaired) electrons. The predicted molar refractivity (Wildman–Crippen MR) is 109 cm³/mol. The number of rotatable bonds is 6. The Morgan fingerprint density at radius 1 is 1.29 bits per heavy atom. The van der Waals surface area contributed by atoms with Crippen LogP contribution in [0.4, 0.5) is 0 Å². The third kappa shape index (κ3) is 4.02. The van der Waals surface area contributed by atoms with E-state index in [1.807, 2.05) is 46.7 Å². The number of thiazole rings is 1. The number of carbonyl (C=O) groups excluding carboxylic acids is 1. The van der Waals surface area contributed by atoms with Crippen LogP contribution in [0.5, 0.6) is 11.5 Å². The Morgan fingerprint density at radius 2 is 2.14 bits per heavy atom. The molecule has 0 N–H and O–H groups in total. The number of aromatic nitrogens is 1. The van der Waals surface area contributed by atoms with Crippen molar-refractivity contribution in [3.63, 3.8) is 0 Å². The van der Waals surface area contributed by atoms with Crippen molar-refractivity contribution >= 4 is 17.2 Å². The first-order valence-electron chi connectivity index (χ1n) is 9.26. The molecule has 5 nitrogen and oxygen atoms in total. The maximum atomic E-state index is 13.3. The van der Waals surface area contributed by atoms with Crippen LogP contribution in [0.3, 0.4) is 0 Å². The molecule has 1 aromatic heterocycles. The summed E-state index contributed by atoms with van der Waals surface area (Å²) in [5.74, 6) is 1.65. The normalized spacial score (nSPS) is 15.4. The van der Waals surface area contributed by atoms with Gasteiger partial charge in [-0.3, -0.25) is 4.79 Å². The number of benzene rings is 2. The summed E-state index contributed by atoms with van der Waals surface area (Å²) >= 11 is 1.51. The highest BCUT2D eigenvalue weighted by molar-refractivity contribution is 7.07. The molecule has 4 rings (SSSR count). The fraction of sp³-hybridized carbons (Fsp3) is 0.273. The Bertz CT molecular complexity index is 928. The van der Waals surface area contributed by atoms with Crippen LogP contribution >= 0.6 is 11.3 Å². The number of hydrogen-bond donors (Lipinski definition) is 0. The number of fused-ring (bicyclic) bond motifs is 1. The summed E-state index contributed by atoms with van der Waals surface area (Å²) < 4.78 is 11.2. The molecule has 0 spiro atoms. The van der Waals surface area contributed by atoms with Crippen molar-refractivity contribution in [2.75, 3.05) is 13.7 Å². The summed E-state index contributed by atoms with van der Waals surface area (Å²) in [7, 11) is 1.65. The van der Waals surface area contributed by atoms with E-state index in [0.717, 1.165) is 34.7 Å². The van der Waals surface area contributed by atoms with Crippen LogP contribution in [-0.4, -0.2) is 29.5 Å². The number of ether oxygens (including phenoxy) is 2. The van der Waals surface area contributed by atoms with Crippen LogP contribution in [0.15, 0.2) is 59.4 Å². The second kappa shape index (κ2) is 8.44. The van der Waals surface area contributed by atoms with Crippen LogP contribution in [0.25, 0.3) is 0 Å². The third-order valence-electron chi connectivity index (χ3n) is 4.93. The first kappa shape index (κ1) is 18.5. The molecular weight excluding hydrogens is 372 g/mol. The number of amides is 1. The lowest BCUT2D eigenvalue weighted by molar-refractivity contribution is -0.134. The van der Waals surface area contributed by atoms with E-state index in [-0.39, 0.29) is 11.9 Å². The molecule has 2 aromatic carbocycles. The Morgan fingerprint density at radius 3 is 2.89 bits per heavy atom. The lowest BCUT2D eigenvalue weighted by Gasteiger charge is -2.36. The molecule has 3 aromatic rings. The Labute approximate surface area is 168 Å². The summed E-state index contributed by atoms with van der Waals surface area (Å²) in [6.45, 7) is 1.13. The van der Waals surface area contributed by atoms with Gasteiger partial charge in [0.05, 0.1) is 37.4 Å². The van der Waals surface area contributed by atoms with Crippen LogP contribution in [0.1, 0.15) is 29.3 Å². The summed E-state index contributed by atoms with van der Waals surface area (Å²) in [6.07, 6.45) is 1.04. The van der Waals surface area contributed by atoms with Crippen molar-refractivity contribution in [3.05, 3.63) is 76.2 Å². The highest BCUT2D eigenvalue weighted by Crippen LogP contribution is 2.39. The van der Waals surface area contributed by atoms with Crippen LogP contribution in [0, 0.1) is 0 Å². The van der Waals surface area contributed by atoms with Gasteiger partial charge in [-0.05, 0) is 23.8 Å². The molecule has 144 valence electrons. The van der Waals surface area contributed by atoms with Gasteiger partial charge in [0.1, 0.15) is 11.5 Å². The quantitative estimate of drug-likeness (QED) is 0.627. The highest BCUT2D eigenvalue weighted by Gasteiger charge is 2.31. The minimum absolute atomic E-state index is 0.0646. The molecule has 0 bridgehead atoms. The smallest absolute Gasteiger partial charge is 0.229 e. The van der Waals surface area contributed by atoms with Crippen molar-refractivity contribution < 1.29 is 14.3 Å². The van der Waals surface area contributed by atoms with E-state index in [9.17, 15) is 4.79 Å². The molecular formula is C22H22N2O3S. The molecule has 2 heterocycles. The maximum absolute atomic E-state index is 13.3. The van der Waals surface area contributed by atoms with Crippen LogP contribution < -0.4 is 9.47 Å². The van der Waals surface area contributed by atoms with Crippen molar-refractivity contribution in [2.45, 2.75) is 25.4 Å². The van der Waals surface area contributed by atoms with Crippen molar-refractivity contribution in [1.82, 2.24) is 9.88 Å². The summed E-state index contributed by atoms with van der Waals surface area (Å²) in [5, 5.41) is 1.93. The second-order valence-electron chi connectivity index (χ2n) is 6.72. The van der Waals surface area contributed by atoms with E-state index in [4.69, 9.17) is 9.47 Å². The number of hydrogen-bond acceptors (Lipinski definition) is 5. The average molecular weight is 394 g/mol. The first-order valence-corrected chi connectivity index (χ1v) is 10.2. The minimum Gasteiger partial charge on any atom is -0.497 e. The van der Waals surface area contributed by atoms with E-state index in [1.165, 1.54) is 11.3 Å². The Hall–Kier alpha value is -2.86. The fourth-order valence-electron chi connectivity index (χ4n) is 3.54. The van der Waals surface area contributed by atoms with E-state index in [2.05, 4.69) is 17.1 Å². The number of nitrogens with zero attached hydrogens (tertiary/aromatic N) is 2. The first-order chi connectivity index (χ1) is 13.7. The van der Waals surface area contributed by atoms with Crippen LogP contribution in [0.2, 0.25) is 0 Å². The molecule has 1 atom stereocenters. The largest absolute Gasteiger partial charge is 0.497 e. The average Bonchev–Trinajstić information content (AvgIpc) is 3.25. The lowest BCUT2D eigenvalue weighted by atomic mass is 9.97. The minimum atomic E-state index is -0.0646. The van der Waals surface area contributed by atoms with Gasteiger partial charge in [-0.25, -0.2) is 4.98 Å². The lowest BCUT2D eigenvalue weighted by Crippen LogP contribution is -2.38. The Balaban J connectivity index is 1.68. The molecule has 6 heteroatoms. The van der Waals surface area contributed by atoms with E-state index < -0.39 is 0 Å². The van der Waals surface area contributed by atoms with Gasteiger partial charge in [-0.1, -0.05) is 30.3 Å². The number of methoxy groups -OCH3 is 1. The van der Waals surface area contributed by atoms with Gasteiger partial charge in [-0.15, -0.1) is 11.3 Å². The van der Waals surface area contributed by atoms with Gasteiger partial charge in [-0.2, -0.15) is 0 Å². The summed E-state index contributed by atoms with van der Waals surface area (Å²) in [4.78, 5) is 19.5. The van der Waals surface area contributed by atoms with Gasteiger partial charge < -0.3 is 14.4 Å².